The molecule has 2 N–H and O–H groups in total. The molecule has 1 amide bonds. The van der Waals surface area contributed by atoms with Crippen molar-refractivity contribution >= 4 is 51.7 Å². The molecular weight excluding hydrogens is 728 g/mol. The summed E-state index contributed by atoms with van der Waals surface area (Å²) in [5, 5.41) is 14.8. The van der Waals surface area contributed by atoms with Gasteiger partial charge in [0.15, 0.2) is 0 Å². The number of hydrogen-bond acceptors (Lipinski definition) is 14. The average Bonchev–Trinajstić information content (AvgIpc) is 2.99. The van der Waals surface area contributed by atoms with Crippen LogP contribution >= 0.6 is 0 Å². The molecule has 2 aromatic carbocycles. The minimum atomic E-state index is -1.21. The Labute approximate surface area is 326 Å². The Morgan fingerprint density at radius 2 is 1.23 bits per heavy atom. The lowest BCUT2D eigenvalue weighted by Crippen LogP contribution is -2.46. The summed E-state index contributed by atoms with van der Waals surface area (Å²) in [6.07, 6.45) is -1.29. The maximum Gasteiger partial charge on any atom is 0.408 e. The van der Waals surface area contributed by atoms with Crippen molar-refractivity contribution in [2.45, 2.75) is 138 Å². The normalized spacial score (nSPS) is 12.9. The SMILES string of the molecule is CC(C)(C)OC(=O)CN(CC(=O)OC(C)(C)C)Cc1c(O)ccc2c1ccc1c(COC(=O)CC[C@H](NC(=O)OC(C)(C)C)C(=O)OC(C)(C)C)cc(=O)oc12. The molecule has 3 rings (SSSR count). The number of phenols is 1. The van der Waals surface area contributed by atoms with Crippen LogP contribution in [0.3, 0.4) is 0 Å². The molecule has 1 atom stereocenters. The number of amides is 1. The molecule has 0 radical (unpaired) electrons. The van der Waals surface area contributed by atoms with Crippen LogP contribution in [0, 0.1) is 0 Å². The predicted octanol–water partition coefficient (Wildman–Crippen LogP) is 6.20. The second kappa shape index (κ2) is 17.7. The summed E-state index contributed by atoms with van der Waals surface area (Å²) in [6, 6.07) is 6.29. The highest BCUT2D eigenvalue weighted by molar-refractivity contribution is 6.06. The fraction of sp³-hybridized carbons (Fsp3) is 0.561. The number of phenolic OH excluding ortho intramolecular Hbond substituents is 1. The first kappa shape index (κ1) is 45.2. The third kappa shape index (κ3) is 14.8. The van der Waals surface area contributed by atoms with Gasteiger partial charge in [0.05, 0.1) is 13.1 Å². The van der Waals surface area contributed by atoms with Crippen LogP contribution in [0.2, 0.25) is 0 Å². The molecule has 1 heterocycles. The molecule has 0 saturated carbocycles. The Balaban J connectivity index is 1.89. The van der Waals surface area contributed by atoms with Crippen LogP contribution in [0.1, 0.15) is 107 Å². The Hall–Kier alpha value is -5.18. The van der Waals surface area contributed by atoms with Crippen molar-refractivity contribution < 1.29 is 57.2 Å². The highest BCUT2D eigenvalue weighted by atomic mass is 16.6. The van der Waals surface area contributed by atoms with Crippen molar-refractivity contribution in [3.63, 3.8) is 0 Å². The standard InChI is InChI=1S/C41H56N2O13/c1-38(2,3)53-33(47)21-43(22-34(48)54-39(4,5)6)20-28-26-14-13-25-24(19-32(46)52-35(25)27(26)15-17-30(28)44)23-51-31(45)18-16-29(36(49)55-40(7,8)9)42-37(50)56-41(10,11)12/h13-15,17,19,29,44H,16,18,20-23H2,1-12H3,(H,42,50)/t29-/m0/s1. The van der Waals surface area contributed by atoms with Gasteiger partial charge in [-0.3, -0.25) is 19.3 Å². The number of aromatic hydroxyl groups is 1. The molecule has 0 saturated heterocycles. The summed E-state index contributed by atoms with van der Waals surface area (Å²) in [7, 11) is 0. The van der Waals surface area contributed by atoms with Crippen LogP contribution < -0.4 is 10.9 Å². The number of esters is 4. The van der Waals surface area contributed by atoms with E-state index in [4.69, 9.17) is 28.1 Å². The maximum atomic E-state index is 12.9. The van der Waals surface area contributed by atoms with E-state index < -0.39 is 64.0 Å². The highest BCUT2D eigenvalue weighted by Gasteiger charge is 2.30. The minimum absolute atomic E-state index is 0.0816. The molecule has 15 heteroatoms. The van der Waals surface area contributed by atoms with E-state index in [2.05, 4.69) is 5.32 Å². The number of carbonyl (C=O) groups is 5. The Kier molecular flexibility index (Phi) is 14.3. The Morgan fingerprint density at radius 3 is 1.77 bits per heavy atom. The summed E-state index contributed by atoms with van der Waals surface area (Å²) >= 11 is 0. The zero-order chi connectivity index (χ0) is 42.4. The van der Waals surface area contributed by atoms with Gasteiger partial charge in [0.1, 0.15) is 46.4 Å². The van der Waals surface area contributed by atoms with Crippen LogP contribution in [0.15, 0.2) is 39.5 Å². The van der Waals surface area contributed by atoms with Gasteiger partial charge in [0.25, 0.3) is 0 Å². The van der Waals surface area contributed by atoms with Gasteiger partial charge in [-0.05, 0) is 107 Å². The number of hydrogen-bond donors (Lipinski definition) is 2. The second-order valence-electron chi connectivity index (χ2n) is 17.4. The lowest BCUT2D eigenvalue weighted by Gasteiger charge is -2.27. The van der Waals surface area contributed by atoms with Crippen LogP contribution in [-0.4, -0.2) is 81.5 Å². The first-order valence-electron chi connectivity index (χ1n) is 18.3. The van der Waals surface area contributed by atoms with Gasteiger partial charge in [0, 0.05) is 40.9 Å². The fourth-order valence-electron chi connectivity index (χ4n) is 5.50. The number of benzene rings is 2. The van der Waals surface area contributed by atoms with Gasteiger partial charge in [-0.1, -0.05) is 12.1 Å². The van der Waals surface area contributed by atoms with E-state index >= 15 is 0 Å². The molecule has 1 aromatic heterocycles. The molecule has 0 bridgehead atoms. The molecule has 15 nitrogen and oxygen atoms in total. The van der Waals surface area contributed by atoms with Gasteiger partial charge in [-0.2, -0.15) is 0 Å². The van der Waals surface area contributed by atoms with Gasteiger partial charge >= 0.3 is 35.6 Å². The van der Waals surface area contributed by atoms with Gasteiger partial charge in [0.2, 0.25) is 0 Å². The van der Waals surface area contributed by atoms with Crippen molar-refractivity contribution in [1.29, 1.82) is 0 Å². The lowest BCUT2D eigenvalue weighted by molar-refractivity contribution is -0.161. The highest BCUT2D eigenvalue weighted by Crippen LogP contribution is 2.34. The molecule has 56 heavy (non-hydrogen) atoms. The molecule has 3 aromatic rings. The number of alkyl carbamates (subject to hydrolysis) is 1. The number of ether oxygens (including phenoxy) is 5. The zero-order valence-electron chi connectivity index (χ0n) is 34.5. The monoisotopic (exact) mass is 784 g/mol. The van der Waals surface area contributed by atoms with E-state index in [1.165, 1.54) is 17.0 Å². The fourth-order valence-corrected chi connectivity index (χ4v) is 5.50. The molecular formula is C41H56N2O13. The third-order valence-electron chi connectivity index (χ3n) is 7.41. The third-order valence-corrected chi connectivity index (χ3v) is 7.41. The number of fused-ring (bicyclic) bond motifs is 3. The zero-order valence-corrected chi connectivity index (χ0v) is 34.5. The molecule has 0 aliphatic heterocycles. The summed E-state index contributed by atoms with van der Waals surface area (Å²) in [5.41, 5.74) is -3.15. The van der Waals surface area contributed by atoms with Gasteiger partial charge in [-0.25, -0.2) is 14.4 Å². The Morgan fingerprint density at radius 1 is 0.714 bits per heavy atom. The molecule has 0 aliphatic carbocycles. The van der Waals surface area contributed by atoms with Gasteiger partial charge in [-0.15, -0.1) is 0 Å². The van der Waals surface area contributed by atoms with E-state index in [1.54, 1.807) is 101 Å². The van der Waals surface area contributed by atoms with Gasteiger partial charge < -0.3 is 38.5 Å². The molecule has 0 unspecified atom stereocenters. The second-order valence-corrected chi connectivity index (χ2v) is 17.4. The lowest BCUT2D eigenvalue weighted by atomic mass is 9.99. The average molecular weight is 785 g/mol. The first-order valence-corrected chi connectivity index (χ1v) is 18.3. The number of carbonyl (C=O) groups excluding carboxylic acids is 5. The quantitative estimate of drug-likeness (QED) is 0.0860. The predicted molar refractivity (Wildman–Crippen MR) is 207 cm³/mol. The van der Waals surface area contributed by atoms with Crippen molar-refractivity contribution in [1.82, 2.24) is 10.2 Å². The van der Waals surface area contributed by atoms with Crippen molar-refractivity contribution in [2.75, 3.05) is 13.1 Å². The van der Waals surface area contributed by atoms with E-state index in [1.807, 2.05) is 0 Å². The van der Waals surface area contributed by atoms with Crippen molar-refractivity contribution in [3.8, 4) is 5.75 Å². The smallest absolute Gasteiger partial charge is 0.408 e. The summed E-state index contributed by atoms with van der Waals surface area (Å²) in [5.74, 6) is -2.77. The minimum Gasteiger partial charge on any atom is -0.508 e. The van der Waals surface area contributed by atoms with E-state index in [0.29, 0.717) is 27.3 Å². The topological polar surface area (TPSA) is 197 Å². The summed E-state index contributed by atoms with van der Waals surface area (Å²) in [6.45, 7) is 19.4. The number of rotatable bonds is 13. The number of nitrogens with zero attached hydrogens (tertiary/aromatic N) is 1. The van der Waals surface area contributed by atoms with Crippen LogP contribution in [0.5, 0.6) is 5.75 Å². The van der Waals surface area contributed by atoms with Crippen molar-refractivity contribution in [3.05, 3.63) is 51.9 Å². The largest absolute Gasteiger partial charge is 0.508 e. The van der Waals surface area contributed by atoms with Crippen LogP contribution in [-0.2, 0) is 56.0 Å². The molecule has 308 valence electrons. The maximum absolute atomic E-state index is 12.9. The Bertz CT molecular complexity index is 1960. The molecule has 0 spiro atoms. The summed E-state index contributed by atoms with van der Waals surface area (Å²) in [4.78, 5) is 78.4. The van der Waals surface area contributed by atoms with Crippen LogP contribution in [0.4, 0.5) is 4.79 Å². The molecule has 0 fully saturated rings. The van der Waals surface area contributed by atoms with E-state index in [0.717, 1.165) is 0 Å². The number of nitrogens with one attached hydrogen (secondary N) is 1. The van der Waals surface area contributed by atoms with E-state index in [9.17, 15) is 33.9 Å². The van der Waals surface area contributed by atoms with Crippen molar-refractivity contribution in [2.24, 2.45) is 0 Å². The van der Waals surface area contributed by atoms with Crippen LogP contribution in [0.25, 0.3) is 21.7 Å². The summed E-state index contributed by atoms with van der Waals surface area (Å²) < 4.78 is 32.8. The first-order chi connectivity index (χ1) is 25.6. The molecule has 0 aliphatic rings. The van der Waals surface area contributed by atoms with E-state index in [-0.39, 0.29) is 50.4 Å².